The maximum Gasteiger partial charge on any atom is 0.254 e. The largest absolute Gasteiger partial charge is 0.369 e. The molecule has 1 unspecified atom stereocenters. The van der Waals surface area contributed by atoms with Crippen LogP contribution in [0.15, 0.2) is 18.2 Å². The zero-order valence-corrected chi connectivity index (χ0v) is 12.1. The quantitative estimate of drug-likeness (QED) is 0.849. The number of piperidine rings is 1. The number of amides is 1. The second kappa shape index (κ2) is 5.89. The molecule has 2 N–H and O–H groups in total. The first-order valence-electron chi connectivity index (χ1n) is 11.5. The monoisotopic (exact) mass is 308 g/mol. The molecule has 3 heterocycles. The molecule has 0 radical (unpaired) electrons. The van der Waals surface area contributed by atoms with Gasteiger partial charge in [-0.25, -0.2) is 0 Å². The Labute approximate surface area is 142 Å². The maximum absolute atomic E-state index is 13.0. The van der Waals surface area contributed by atoms with Gasteiger partial charge in [-0.2, -0.15) is 0 Å². The SMILES string of the molecule is [2H]C1([2H])NC([2H])([2H])C([2H])([2H])N(c2cccc3c2CN(C2CCCNC2)C3=O)C1([2H])[2H]. The van der Waals surface area contributed by atoms with E-state index in [1.54, 1.807) is 11.0 Å². The lowest BCUT2D eigenvalue weighted by molar-refractivity contribution is 0.0675. The Balaban J connectivity index is 1.81. The van der Waals surface area contributed by atoms with Crippen LogP contribution in [0.4, 0.5) is 5.69 Å². The summed E-state index contributed by atoms with van der Waals surface area (Å²) in [6.45, 7) is -9.99. The predicted octanol–water partition coefficient (Wildman–Crippen LogP) is 0.804. The van der Waals surface area contributed by atoms with E-state index in [9.17, 15) is 4.79 Å². The Kier molecular flexibility index (Phi) is 2.09. The lowest BCUT2D eigenvalue weighted by atomic mass is 10.1. The molecule has 4 rings (SSSR count). The van der Waals surface area contributed by atoms with Crippen LogP contribution in [-0.4, -0.2) is 55.9 Å². The van der Waals surface area contributed by atoms with Crippen molar-refractivity contribution in [2.75, 3.05) is 44.0 Å². The summed E-state index contributed by atoms with van der Waals surface area (Å²) in [5, 5.41) is 5.09. The Hall–Kier alpha value is -1.59. The van der Waals surface area contributed by atoms with Crippen molar-refractivity contribution in [3.63, 3.8) is 0 Å². The number of nitrogens with one attached hydrogen (secondary N) is 2. The first-order valence-corrected chi connectivity index (χ1v) is 7.54. The van der Waals surface area contributed by atoms with Crippen LogP contribution in [0, 0.1) is 0 Å². The van der Waals surface area contributed by atoms with Gasteiger partial charge in [-0.3, -0.25) is 4.79 Å². The van der Waals surface area contributed by atoms with Gasteiger partial charge in [-0.05, 0) is 31.5 Å². The zero-order valence-electron chi connectivity index (χ0n) is 20.1. The van der Waals surface area contributed by atoms with Gasteiger partial charge in [0, 0.05) is 67.4 Å². The molecule has 1 atom stereocenters. The Bertz CT molecular complexity index is 845. The first kappa shape index (κ1) is 7.79. The van der Waals surface area contributed by atoms with Crippen LogP contribution in [0.25, 0.3) is 0 Å². The highest BCUT2D eigenvalue weighted by Crippen LogP contribution is 2.33. The van der Waals surface area contributed by atoms with Crippen LogP contribution < -0.4 is 15.5 Å². The Morgan fingerprint density at radius 2 is 2.09 bits per heavy atom. The number of nitrogens with zero attached hydrogens (tertiary/aromatic N) is 2. The van der Waals surface area contributed by atoms with E-state index in [-0.39, 0.29) is 24.2 Å². The Morgan fingerprint density at radius 1 is 1.23 bits per heavy atom. The maximum atomic E-state index is 13.0. The number of rotatable bonds is 2. The molecule has 22 heavy (non-hydrogen) atoms. The number of carbonyl (C=O) groups excluding carboxylic acids is 1. The summed E-state index contributed by atoms with van der Waals surface area (Å²) < 4.78 is 65.5. The van der Waals surface area contributed by atoms with Crippen molar-refractivity contribution in [1.82, 2.24) is 15.5 Å². The molecule has 3 aliphatic rings. The van der Waals surface area contributed by atoms with Gasteiger partial charge < -0.3 is 20.4 Å². The molecule has 0 spiro atoms. The zero-order chi connectivity index (χ0) is 22.1. The third-order valence-corrected chi connectivity index (χ3v) is 4.38. The van der Waals surface area contributed by atoms with Crippen molar-refractivity contribution in [3.05, 3.63) is 29.3 Å². The van der Waals surface area contributed by atoms with E-state index in [1.807, 2.05) is 5.32 Å². The highest BCUT2D eigenvalue weighted by molar-refractivity contribution is 6.00. The number of carbonyl (C=O) groups is 1. The number of hydrogen-bond donors (Lipinski definition) is 2. The topological polar surface area (TPSA) is 47.6 Å². The van der Waals surface area contributed by atoms with Crippen LogP contribution in [0.3, 0.4) is 0 Å². The van der Waals surface area contributed by atoms with Gasteiger partial charge in [-0.15, -0.1) is 0 Å². The molecule has 0 bridgehead atoms. The number of piperazine rings is 1. The third kappa shape index (κ3) is 2.38. The minimum Gasteiger partial charge on any atom is -0.369 e. The molecule has 1 aromatic rings. The van der Waals surface area contributed by atoms with E-state index in [1.165, 1.54) is 12.1 Å². The number of hydrogen-bond acceptors (Lipinski definition) is 4. The van der Waals surface area contributed by atoms with Crippen LogP contribution in [0.2, 0.25) is 0 Å². The summed E-state index contributed by atoms with van der Waals surface area (Å²) in [6, 6.07) is 4.46. The summed E-state index contributed by atoms with van der Waals surface area (Å²) >= 11 is 0. The van der Waals surface area contributed by atoms with Gasteiger partial charge in [0.15, 0.2) is 0 Å². The van der Waals surface area contributed by atoms with Crippen molar-refractivity contribution in [2.24, 2.45) is 0 Å². The van der Waals surface area contributed by atoms with Gasteiger partial charge in [-0.1, -0.05) is 6.07 Å². The van der Waals surface area contributed by atoms with Crippen molar-refractivity contribution in [1.29, 1.82) is 0 Å². The summed E-state index contributed by atoms with van der Waals surface area (Å²) in [5.41, 5.74) is 0.676. The highest BCUT2D eigenvalue weighted by Gasteiger charge is 2.35. The predicted molar refractivity (Wildman–Crippen MR) is 87.3 cm³/mol. The fraction of sp³-hybridized carbons (Fsp3) is 0.588. The van der Waals surface area contributed by atoms with Crippen molar-refractivity contribution < 1.29 is 15.8 Å². The molecule has 1 amide bonds. The average Bonchev–Trinajstić information content (AvgIpc) is 2.98. The van der Waals surface area contributed by atoms with Crippen LogP contribution in [-0.2, 0) is 6.54 Å². The fourth-order valence-corrected chi connectivity index (χ4v) is 3.29. The van der Waals surface area contributed by atoms with Crippen LogP contribution >= 0.6 is 0 Å². The van der Waals surface area contributed by atoms with Crippen molar-refractivity contribution in [2.45, 2.75) is 25.4 Å². The van der Waals surface area contributed by atoms with E-state index in [0.717, 1.165) is 19.4 Å². The highest BCUT2D eigenvalue weighted by atomic mass is 16.2. The molecule has 2 fully saturated rings. The number of anilines is 1. The minimum absolute atomic E-state index is 0.0173. The second-order valence-electron chi connectivity index (χ2n) is 5.67. The van der Waals surface area contributed by atoms with Gasteiger partial charge in [0.05, 0.1) is 5.48 Å². The van der Waals surface area contributed by atoms with Gasteiger partial charge in [0.25, 0.3) is 5.91 Å². The molecule has 5 nitrogen and oxygen atoms in total. The summed E-state index contributed by atoms with van der Waals surface area (Å²) in [5.74, 6) is -0.233. The molecule has 5 heteroatoms. The minimum atomic E-state index is -2.93. The molecule has 2 saturated heterocycles. The standard InChI is InChI=1S/C17H24N4O/c22-17-14-4-1-5-16(20-9-7-18-8-10-20)15(14)12-21(17)13-3-2-6-19-11-13/h1,4-5,13,18-19H,2-3,6-12H2/i7D2,8D2,9D2,10D2. The molecule has 118 valence electrons. The van der Waals surface area contributed by atoms with E-state index >= 15 is 0 Å². The lowest BCUT2D eigenvalue weighted by Crippen LogP contribution is -2.46. The molecule has 3 aliphatic heterocycles. The molecule has 0 aromatic heterocycles. The van der Waals surface area contributed by atoms with E-state index in [2.05, 4.69) is 5.32 Å². The average molecular weight is 308 g/mol. The van der Waals surface area contributed by atoms with E-state index in [0.29, 0.717) is 22.6 Å². The second-order valence-corrected chi connectivity index (χ2v) is 5.67. The molecular formula is C17H24N4O. The van der Waals surface area contributed by atoms with Gasteiger partial charge in [0.1, 0.15) is 0 Å². The van der Waals surface area contributed by atoms with Gasteiger partial charge in [0.2, 0.25) is 0 Å². The molecular weight excluding hydrogens is 276 g/mol. The molecule has 0 saturated carbocycles. The number of benzene rings is 1. The van der Waals surface area contributed by atoms with Crippen LogP contribution in [0.5, 0.6) is 0 Å². The van der Waals surface area contributed by atoms with Gasteiger partial charge >= 0.3 is 0 Å². The first-order chi connectivity index (χ1) is 13.8. The lowest BCUT2D eigenvalue weighted by Gasteiger charge is -2.32. The number of fused-ring (bicyclic) bond motifs is 1. The van der Waals surface area contributed by atoms with E-state index < -0.39 is 26.0 Å². The summed E-state index contributed by atoms with van der Waals surface area (Å²) in [6.07, 6.45) is 1.74. The molecule has 1 aromatic carbocycles. The third-order valence-electron chi connectivity index (χ3n) is 4.38. The summed E-state index contributed by atoms with van der Waals surface area (Å²) in [4.78, 5) is 15.2. The Morgan fingerprint density at radius 3 is 2.86 bits per heavy atom. The normalized spacial score (nSPS) is 40.0. The molecule has 0 aliphatic carbocycles. The fourth-order valence-electron chi connectivity index (χ4n) is 3.29. The van der Waals surface area contributed by atoms with E-state index in [4.69, 9.17) is 11.0 Å². The van der Waals surface area contributed by atoms with Crippen LogP contribution in [0.1, 0.15) is 39.7 Å². The smallest absolute Gasteiger partial charge is 0.254 e. The van der Waals surface area contributed by atoms with Crippen molar-refractivity contribution in [3.8, 4) is 0 Å². The van der Waals surface area contributed by atoms with Crippen molar-refractivity contribution >= 4 is 11.6 Å². The summed E-state index contributed by atoms with van der Waals surface area (Å²) in [7, 11) is 0.